The molecular formula is C18H31NO2. The van der Waals surface area contributed by atoms with E-state index >= 15 is 0 Å². The number of unbranched alkanes of at least 4 members (excludes halogenated alkanes) is 2. The van der Waals surface area contributed by atoms with Gasteiger partial charge in [-0.3, -0.25) is 0 Å². The highest BCUT2D eigenvalue weighted by Gasteiger charge is 2.08. The molecule has 0 N–H and O–H groups in total. The van der Waals surface area contributed by atoms with E-state index in [0.29, 0.717) is 26.1 Å². The van der Waals surface area contributed by atoms with E-state index in [-0.39, 0.29) is 6.29 Å². The third-order valence-corrected chi connectivity index (χ3v) is 2.91. The molecule has 0 aromatic rings. The number of nitrogens with zero attached hydrogens (tertiary/aromatic N) is 1. The summed E-state index contributed by atoms with van der Waals surface area (Å²) in [6.07, 6.45) is 16.0. The second kappa shape index (κ2) is 16.9. The lowest BCUT2D eigenvalue weighted by atomic mass is 10.3. The van der Waals surface area contributed by atoms with Crippen LogP contribution in [0.2, 0.25) is 0 Å². The zero-order chi connectivity index (χ0) is 15.6. The van der Waals surface area contributed by atoms with Gasteiger partial charge in [0.05, 0.1) is 19.3 Å². The maximum atomic E-state index is 8.67. The normalized spacial score (nSPS) is 11.7. The third kappa shape index (κ3) is 15.1. The highest BCUT2D eigenvalue weighted by Crippen LogP contribution is 2.06. The Morgan fingerprint density at radius 3 is 1.76 bits per heavy atom. The highest BCUT2D eigenvalue weighted by atomic mass is 16.7. The summed E-state index contributed by atoms with van der Waals surface area (Å²) in [5, 5.41) is 8.67. The fourth-order valence-electron chi connectivity index (χ4n) is 1.74. The molecule has 0 unspecified atom stereocenters. The molecule has 0 spiro atoms. The van der Waals surface area contributed by atoms with Crippen LogP contribution in [0.15, 0.2) is 24.3 Å². The Bertz CT molecular complexity index is 283. The van der Waals surface area contributed by atoms with Gasteiger partial charge in [-0.1, -0.05) is 51.0 Å². The molecule has 0 aromatic heterocycles. The van der Waals surface area contributed by atoms with Crippen LogP contribution in [0.3, 0.4) is 0 Å². The highest BCUT2D eigenvalue weighted by molar-refractivity contribution is 4.81. The van der Waals surface area contributed by atoms with Gasteiger partial charge in [-0.05, 0) is 25.7 Å². The van der Waals surface area contributed by atoms with Gasteiger partial charge in [0.1, 0.15) is 0 Å². The smallest absolute Gasteiger partial charge is 0.158 e. The lowest BCUT2D eigenvalue weighted by Crippen LogP contribution is -2.18. The summed E-state index contributed by atoms with van der Waals surface area (Å²) in [5.74, 6) is 0. The molecule has 0 saturated carbocycles. The molecule has 3 heteroatoms. The first-order valence-corrected chi connectivity index (χ1v) is 8.25. The third-order valence-electron chi connectivity index (χ3n) is 2.91. The molecule has 0 fully saturated rings. The fraction of sp³-hybridized carbons (Fsp3) is 0.722. The van der Waals surface area contributed by atoms with E-state index in [4.69, 9.17) is 14.7 Å². The van der Waals surface area contributed by atoms with E-state index in [2.05, 4.69) is 44.2 Å². The van der Waals surface area contributed by atoms with E-state index in [0.717, 1.165) is 25.7 Å². The van der Waals surface area contributed by atoms with Crippen LogP contribution in [0.4, 0.5) is 0 Å². The minimum Gasteiger partial charge on any atom is -0.352 e. The maximum Gasteiger partial charge on any atom is 0.158 e. The summed E-state index contributed by atoms with van der Waals surface area (Å²) >= 11 is 0. The summed E-state index contributed by atoms with van der Waals surface area (Å²) in [7, 11) is 0. The quantitative estimate of drug-likeness (QED) is 0.253. The fourth-order valence-corrected chi connectivity index (χ4v) is 1.74. The molecule has 120 valence electrons. The van der Waals surface area contributed by atoms with Crippen molar-refractivity contribution in [1.82, 2.24) is 0 Å². The van der Waals surface area contributed by atoms with Gasteiger partial charge in [-0.2, -0.15) is 5.26 Å². The first kappa shape index (κ1) is 19.9. The van der Waals surface area contributed by atoms with Crippen LogP contribution in [-0.2, 0) is 9.47 Å². The van der Waals surface area contributed by atoms with Gasteiger partial charge in [-0.25, -0.2) is 0 Å². The Labute approximate surface area is 130 Å². The summed E-state index contributed by atoms with van der Waals surface area (Å²) in [5.41, 5.74) is 0. The molecule has 0 aliphatic rings. The molecule has 0 aliphatic carbocycles. The van der Waals surface area contributed by atoms with E-state index in [1.165, 1.54) is 12.8 Å². The Kier molecular flexibility index (Phi) is 16.0. The molecule has 0 bridgehead atoms. The van der Waals surface area contributed by atoms with E-state index < -0.39 is 0 Å². The molecule has 0 heterocycles. The van der Waals surface area contributed by atoms with E-state index in [1.54, 1.807) is 0 Å². The number of allylic oxidation sites excluding steroid dienone is 2. The molecule has 0 saturated heterocycles. The average Bonchev–Trinajstić information content (AvgIpc) is 2.50. The van der Waals surface area contributed by atoms with Crippen molar-refractivity contribution in [3.63, 3.8) is 0 Å². The van der Waals surface area contributed by atoms with Crippen molar-refractivity contribution in [2.75, 3.05) is 13.2 Å². The average molecular weight is 293 g/mol. The second-order valence-electron chi connectivity index (χ2n) is 4.97. The van der Waals surface area contributed by atoms with Gasteiger partial charge in [0, 0.05) is 12.8 Å². The summed E-state index contributed by atoms with van der Waals surface area (Å²) < 4.78 is 11.4. The largest absolute Gasteiger partial charge is 0.352 e. The van der Waals surface area contributed by atoms with E-state index in [1.807, 2.05) is 0 Å². The minimum atomic E-state index is -0.246. The van der Waals surface area contributed by atoms with Crippen molar-refractivity contribution in [2.45, 2.75) is 71.5 Å². The van der Waals surface area contributed by atoms with Gasteiger partial charge in [0.15, 0.2) is 6.29 Å². The summed E-state index contributed by atoms with van der Waals surface area (Å²) in [6.45, 7) is 5.65. The maximum absolute atomic E-state index is 8.67. The second-order valence-corrected chi connectivity index (χ2v) is 4.97. The Balaban J connectivity index is 3.78. The number of hydrogen-bond donors (Lipinski definition) is 0. The van der Waals surface area contributed by atoms with E-state index in [9.17, 15) is 0 Å². The summed E-state index contributed by atoms with van der Waals surface area (Å²) in [6, 6.07) is 2.15. The van der Waals surface area contributed by atoms with Crippen LogP contribution in [0, 0.1) is 11.3 Å². The predicted octanol–water partition coefficient (Wildman–Crippen LogP) is 5.14. The van der Waals surface area contributed by atoms with Crippen molar-refractivity contribution >= 4 is 0 Å². The number of ether oxygens (including phenoxy) is 2. The molecule has 0 aliphatic heterocycles. The molecule has 0 rings (SSSR count). The van der Waals surface area contributed by atoms with Crippen LogP contribution in [0.5, 0.6) is 0 Å². The van der Waals surface area contributed by atoms with Crippen LogP contribution in [0.1, 0.15) is 65.2 Å². The van der Waals surface area contributed by atoms with Crippen molar-refractivity contribution in [3.8, 4) is 6.07 Å². The molecular weight excluding hydrogens is 262 g/mol. The predicted molar refractivity (Wildman–Crippen MR) is 87.9 cm³/mol. The van der Waals surface area contributed by atoms with Crippen molar-refractivity contribution in [2.24, 2.45) is 0 Å². The SMILES string of the molecule is CCC/C=C\CCOC(CCC#N)OCC/C=C\CCC. The summed E-state index contributed by atoms with van der Waals surface area (Å²) in [4.78, 5) is 0. The van der Waals surface area contributed by atoms with Crippen molar-refractivity contribution in [3.05, 3.63) is 24.3 Å². The van der Waals surface area contributed by atoms with Gasteiger partial charge >= 0.3 is 0 Å². The van der Waals surface area contributed by atoms with Crippen LogP contribution in [0.25, 0.3) is 0 Å². The van der Waals surface area contributed by atoms with Gasteiger partial charge in [0.25, 0.3) is 0 Å². The molecule has 0 atom stereocenters. The Morgan fingerprint density at radius 2 is 1.33 bits per heavy atom. The zero-order valence-electron chi connectivity index (χ0n) is 13.7. The van der Waals surface area contributed by atoms with Crippen LogP contribution in [-0.4, -0.2) is 19.5 Å². The van der Waals surface area contributed by atoms with Crippen LogP contribution < -0.4 is 0 Å². The zero-order valence-corrected chi connectivity index (χ0v) is 13.7. The van der Waals surface area contributed by atoms with Crippen molar-refractivity contribution in [1.29, 1.82) is 5.26 Å². The molecule has 0 aromatic carbocycles. The standard InChI is InChI=1S/C18H31NO2/c1-3-5-7-9-11-16-20-18(14-13-15-19)21-17-12-10-8-6-4-2/h7-10,18H,3-6,11-14,16-17H2,1-2H3/b9-7-,10-8-. The minimum absolute atomic E-state index is 0.246. The first-order chi connectivity index (χ1) is 10.3. The Hall–Kier alpha value is -1.11. The molecule has 21 heavy (non-hydrogen) atoms. The Morgan fingerprint density at radius 1 is 0.857 bits per heavy atom. The lowest BCUT2D eigenvalue weighted by Gasteiger charge is -2.16. The topological polar surface area (TPSA) is 42.2 Å². The molecule has 0 amide bonds. The number of hydrogen-bond acceptors (Lipinski definition) is 3. The molecule has 3 nitrogen and oxygen atoms in total. The van der Waals surface area contributed by atoms with Gasteiger partial charge < -0.3 is 9.47 Å². The van der Waals surface area contributed by atoms with Gasteiger partial charge in [0.2, 0.25) is 0 Å². The lowest BCUT2D eigenvalue weighted by molar-refractivity contribution is -0.143. The number of nitriles is 1. The number of rotatable bonds is 14. The monoisotopic (exact) mass is 293 g/mol. The van der Waals surface area contributed by atoms with Crippen molar-refractivity contribution < 1.29 is 9.47 Å². The van der Waals surface area contributed by atoms with Crippen LogP contribution >= 0.6 is 0 Å². The van der Waals surface area contributed by atoms with Gasteiger partial charge in [-0.15, -0.1) is 0 Å². The first-order valence-electron chi connectivity index (χ1n) is 8.25. The molecule has 0 radical (unpaired) electrons.